The molecule has 0 aromatic heterocycles. The predicted octanol–water partition coefficient (Wildman–Crippen LogP) is 2.00. The third kappa shape index (κ3) is 4.05. The molecule has 2 rings (SSSR count). The van der Waals surface area contributed by atoms with E-state index in [1.807, 2.05) is 18.2 Å². The van der Waals surface area contributed by atoms with Crippen molar-refractivity contribution in [1.82, 2.24) is 4.90 Å². The number of aryl methyl sites for hydroxylation is 1. The molecule has 1 heterocycles. The van der Waals surface area contributed by atoms with Crippen molar-refractivity contribution in [3.05, 3.63) is 29.8 Å². The van der Waals surface area contributed by atoms with Gasteiger partial charge in [0.2, 0.25) is 5.91 Å². The molecular weight excluding hydrogens is 250 g/mol. The number of hydrogen-bond donors (Lipinski definition) is 2. The van der Waals surface area contributed by atoms with Crippen LogP contribution in [-0.2, 0) is 11.2 Å². The fourth-order valence-electron chi connectivity index (χ4n) is 2.79. The van der Waals surface area contributed by atoms with Crippen LogP contribution >= 0.6 is 0 Å². The van der Waals surface area contributed by atoms with Crippen molar-refractivity contribution < 1.29 is 4.79 Å². The maximum atomic E-state index is 12.1. The highest BCUT2D eigenvalue weighted by Crippen LogP contribution is 2.16. The molecule has 0 aliphatic carbocycles. The SMILES string of the molecule is CCc1cccc(NC(=O)CN2CCCCC2CN)c1. The third-order valence-corrected chi connectivity index (χ3v) is 3.99. The quantitative estimate of drug-likeness (QED) is 0.864. The lowest BCUT2D eigenvalue weighted by atomic mass is 10.0. The van der Waals surface area contributed by atoms with Crippen LogP contribution in [-0.4, -0.2) is 36.5 Å². The molecule has 20 heavy (non-hydrogen) atoms. The van der Waals surface area contributed by atoms with Crippen molar-refractivity contribution in [3.63, 3.8) is 0 Å². The summed E-state index contributed by atoms with van der Waals surface area (Å²) in [5, 5.41) is 2.99. The lowest BCUT2D eigenvalue weighted by Gasteiger charge is -2.34. The number of piperidine rings is 1. The van der Waals surface area contributed by atoms with E-state index in [1.54, 1.807) is 0 Å². The number of carbonyl (C=O) groups excluding carboxylic acids is 1. The van der Waals surface area contributed by atoms with Crippen molar-refractivity contribution in [2.45, 2.75) is 38.6 Å². The monoisotopic (exact) mass is 275 g/mol. The second-order valence-electron chi connectivity index (χ2n) is 5.46. The largest absolute Gasteiger partial charge is 0.329 e. The Kier molecular flexibility index (Phi) is 5.56. The van der Waals surface area contributed by atoms with E-state index in [0.717, 1.165) is 31.5 Å². The summed E-state index contributed by atoms with van der Waals surface area (Å²) in [4.78, 5) is 14.4. The summed E-state index contributed by atoms with van der Waals surface area (Å²) in [7, 11) is 0. The molecule has 1 saturated heterocycles. The van der Waals surface area contributed by atoms with E-state index < -0.39 is 0 Å². The van der Waals surface area contributed by atoms with E-state index in [9.17, 15) is 4.79 Å². The normalized spacial score (nSPS) is 19.8. The van der Waals surface area contributed by atoms with Gasteiger partial charge in [0.1, 0.15) is 0 Å². The van der Waals surface area contributed by atoms with Gasteiger partial charge >= 0.3 is 0 Å². The number of rotatable bonds is 5. The van der Waals surface area contributed by atoms with Gasteiger partial charge in [-0.3, -0.25) is 9.69 Å². The van der Waals surface area contributed by atoms with E-state index in [2.05, 4.69) is 23.2 Å². The van der Waals surface area contributed by atoms with Gasteiger partial charge in [0, 0.05) is 18.3 Å². The summed E-state index contributed by atoms with van der Waals surface area (Å²) < 4.78 is 0. The van der Waals surface area contributed by atoms with Gasteiger partial charge in [-0.15, -0.1) is 0 Å². The number of nitrogens with zero attached hydrogens (tertiary/aromatic N) is 1. The molecule has 1 aliphatic heterocycles. The van der Waals surface area contributed by atoms with Crippen LogP contribution in [0, 0.1) is 0 Å². The maximum Gasteiger partial charge on any atom is 0.238 e. The highest BCUT2D eigenvalue weighted by atomic mass is 16.2. The summed E-state index contributed by atoms with van der Waals surface area (Å²) in [5.74, 6) is 0.0543. The van der Waals surface area contributed by atoms with Gasteiger partial charge in [-0.2, -0.15) is 0 Å². The first-order valence-corrected chi connectivity index (χ1v) is 7.56. The first kappa shape index (κ1) is 15.0. The average molecular weight is 275 g/mol. The molecule has 3 N–H and O–H groups in total. The van der Waals surface area contributed by atoms with Gasteiger partial charge in [-0.25, -0.2) is 0 Å². The Morgan fingerprint density at radius 3 is 3.05 bits per heavy atom. The summed E-state index contributed by atoms with van der Waals surface area (Å²) in [5.41, 5.74) is 7.91. The number of benzene rings is 1. The summed E-state index contributed by atoms with van der Waals surface area (Å²) in [6, 6.07) is 8.39. The number of anilines is 1. The molecule has 1 aromatic rings. The van der Waals surface area contributed by atoms with Crippen LogP contribution < -0.4 is 11.1 Å². The van der Waals surface area contributed by atoms with Crippen molar-refractivity contribution in [2.24, 2.45) is 5.73 Å². The van der Waals surface area contributed by atoms with Gasteiger partial charge < -0.3 is 11.1 Å². The molecule has 1 aliphatic rings. The van der Waals surface area contributed by atoms with E-state index >= 15 is 0 Å². The lowest BCUT2D eigenvalue weighted by Crippen LogP contribution is -2.47. The Morgan fingerprint density at radius 2 is 2.30 bits per heavy atom. The number of amides is 1. The highest BCUT2D eigenvalue weighted by Gasteiger charge is 2.22. The molecule has 0 spiro atoms. The maximum absolute atomic E-state index is 12.1. The standard InChI is InChI=1S/C16H25N3O/c1-2-13-6-5-7-14(10-13)18-16(20)12-19-9-4-3-8-15(19)11-17/h5-7,10,15H,2-4,8-9,11-12,17H2,1H3,(H,18,20). The van der Waals surface area contributed by atoms with Gasteiger partial charge in [-0.1, -0.05) is 25.5 Å². The van der Waals surface area contributed by atoms with E-state index in [4.69, 9.17) is 5.73 Å². The van der Waals surface area contributed by atoms with Crippen LogP contribution in [0.5, 0.6) is 0 Å². The number of nitrogens with one attached hydrogen (secondary N) is 1. The summed E-state index contributed by atoms with van der Waals surface area (Å²) >= 11 is 0. The van der Waals surface area contributed by atoms with Crippen LogP contribution in [0.2, 0.25) is 0 Å². The number of likely N-dealkylation sites (tertiary alicyclic amines) is 1. The fraction of sp³-hybridized carbons (Fsp3) is 0.562. The van der Waals surface area contributed by atoms with Gasteiger partial charge in [0.05, 0.1) is 6.54 Å². The van der Waals surface area contributed by atoms with Crippen LogP contribution in [0.3, 0.4) is 0 Å². The number of hydrogen-bond acceptors (Lipinski definition) is 3. The fourth-order valence-corrected chi connectivity index (χ4v) is 2.79. The zero-order chi connectivity index (χ0) is 14.4. The molecule has 4 nitrogen and oxygen atoms in total. The molecular formula is C16H25N3O. The molecule has 1 unspecified atom stereocenters. The minimum Gasteiger partial charge on any atom is -0.329 e. The van der Waals surface area contributed by atoms with Crippen LogP contribution in [0.4, 0.5) is 5.69 Å². The zero-order valence-corrected chi connectivity index (χ0v) is 12.3. The molecule has 4 heteroatoms. The third-order valence-electron chi connectivity index (χ3n) is 3.99. The van der Waals surface area contributed by atoms with Crippen LogP contribution in [0.15, 0.2) is 24.3 Å². The Bertz CT molecular complexity index is 447. The van der Waals surface area contributed by atoms with Crippen LogP contribution in [0.25, 0.3) is 0 Å². The Morgan fingerprint density at radius 1 is 1.45 bits per heavy atom. The van der Waals surface area contributed by atoms with Crippen LogP contribution in [0.1, 0.15) is 31.7 Å². The first-order valence-electron chi connectivity index (χ1n) is 7.56. The number of nitrogens with two attached hydrogens (primary N) is 1. The highest BCUT2D eigenvalue weighted by molar-refractivity contribution is 5.92. The van der Waals surface area contributed by atoms with E-state index in [-0.39, 0.29) is 5.91 Å². The second-order valence-corrected chi connectivity index (χ2v) is 5.46. The second kappa shape index (κ2) is 7.41. The minimum atomic E-state index is 0.0543. The Balaban J connectivity index is 1.90. The van der Waals surface area contributed by atoms with Crippen molar-refractivity contribution in [3.8, 4) is 0 Å². The predicted molar refractivity (Wildman–Crippen MR) is 82.7 cm³/mol. The zero-order valence-electron chi connectivity index (χ0n) is 12.3. The Labute approximate surface area is 121 Å². The van der Waals surface area contributed by atoms with Crippen molar-refractivity contribution in [2.75, 3.05) is 25.0 Å². The summed E-state index contributed by atoms with van der Waals surface area (Å²) in [6.07, 6.45) is 4.47. The van der Waals surface area contributed by atoms with Gasteiger partial charge in [0.25, 0.3) is 0 Å². The molecule has 0 radical (unpaired) electrons. The smallest absolute Gasteiger partial charge is 0.238 e. The molecule has 0 bridgehead atoms. The molecule has 0 saturated carbocycles. The van der Waals surface area contributed by atoms with Crippen molar-refractivity contribution in [1.29, 1.82) is 0 Å². The molecule has 110 valence electrons. The van der Waals surface area contributed by atoms with Gasteiger partial charge in [0.15, 0.2) is 0 Å². The van der Waals surface area contributed by atoms with E-state index in [1.165, 1.54) is 12.0 Å². The molecule has 1 atom stereocenters. The average Bonchev–Trinajstić information content (AvgIpc) is 2.48. The van der Waals surface area contributed by atoms with Crippen molar-refractivity contribution >= 4 is 11.6 Å². The number of carbonyl (C=O) groups is 1. The minimum absolute atomic E-state index is 0.0543. The Hall–Kier alpha value is -1.39. The van der Waals surface area contributed by atoms with Gasteiger partial charge in [-0.05, 0) is 43.5 Å². The molecule has 1 fully saturated rings. The first-order chi connectivity index (χ1) is 9.72. The summed E-state index contributed by atoms with van der Waals surface area (Å²) in [6.45, 7) is 4.17. The lowest BCUT2D eigenvalue weighted by molar-refractivity contribution is -0.118. The molecule has 1 aromatic carbocycles. The van der Waals surface area contributed by atoms with E-state index in [0.29, 0.717) is 19.1 Å². The molecule has 1 amide bonds. The topological polar surface area (TPSA) is 58.4 Å².